The Hall–Kier alpha value is -3.10. The van der Waals surface area contributed by atoms with Gasteiger partial charge < -0.3 is 21.7 Å². The third-order valence-corrected chi connectivity index (χ3v) is 6.54. The van der Waals surface area contributed by atoms with Gasteiger partial charge in [0.2, 0.25) is 0 Å². The van der Waals surface area contributed by atoms with E-state index in [1.54, 1.807) is 29.9 Å². The van der Waals surface area contributed by atoms with E-state index < -0.39 is 5.54 Å². The Morgan fingerprint density at radius 3 is 2.62 bits per heavy atom. The molecule has 1 aromatic heterocycles. The topological polar surface area (TPSA) is 132 Å². The number of para-hydroxylation sites is 1. The van der Waals surface area contributed by atoms with Crippen LogP contribution in [0, 0.1) is 6.92 Å². The van der Waals surface area contributed by atoms with Crippen molar-refractivity contribution >= 4 is 23.2 Å². The van der Waals surface area contributed by atoms with E-state index in [0.717, 1.165) is 25.7 Å². The van der Waals surface area contributed by atoms with Crippen molar-refractivity contribution in [3.63, 3.8) is 0 Å². The molecule has 2 heterocycles. The first-order valence-corrected chi connectivity index (χ1v) is 9.98. The van der Waals surface area contributed by atoms with Crippen molar-refractivity contribution in [2.75, 3.05) is 18.0 Å². The maximum atomic E-state index is 13.4. The molecule has 154 valence electrons. The van der Waals surface area contributed by atoms with Gasteiger partial charge in [-0.2, -0.15) is 0 Å². The molecule has 1 saturated carbocycles. The Balaban J connectivity index is 1.61. The van der Waals surface area contributed by atoms with Crippen molar-refractivity contribution in [3.8, 4) is 0 Å². The SMILES string of the molecule is Cc1c(C(=O)NC2CCN(C(=O)c3cccc(N)c3N)C23CCCC3)nnn1C. The number of nitrogens with zero attached hydrogens (tertiary/aromatic N) is 4. The van der Waals surface area contributed by atoms with Crippen molar-refractivity contribution in [1.82, 2.24) is 25.2 Å². The summed E-state index contributed by atoms with van der Waals surface area (Å²) in [5.41, 5.74) is 13.8. The first-order chi connectivity index (χ1) is 13.8. The Bertz CT molecular complexity index is 962. The van der Waals surface area contributed by atoms with Crippen LogP contribution in [0.1, 0.15) is 58.6 Å². The van der Waals surface area contributed by atoms with E-state index in [1.807, 2.05) is 11.8 Å². The standard InChI is InChI=1S/C20H27N7O2/c1-12-17(24-25-26(12)2)18(28)23-15-8-11-27(20(15)9-3-4-10-20)19(29)13-6-5-7-14(21)16(13)22/h5-7,15H,3-4,8-11,21-22H2,1-2H3,(H,23,28). The van der Waals surface area contributed by atoms with Gasteiger partial charge in [-0.05, 0) is 38.3 Å². The number of aryl methyl sites for hydroxylation is 1. The van der Waals surface area contributed by atoms with Crippen molar-refractivity contribution in [1.29, 1.82) is 0 Å². The Kier molecular flexibility index (Phi) is 4.68. The van der Waals surface area contributed by atoms with Crippen molar-refractivity contribution in [2.24, 2.45) is 7.05 Å². The van der Waals surface area contributed by atoms with Crippen LogP contribution in [0.2, 0.25) is 0 Å². The summed E-state index contributed by atoms with van der Waals surface area (Å²) in [6.07, 6.45) is 4.44. The molecule has 5 N–H and O–H groups in total. The van der Waals surface area contributed by atoms with E-state index in [4.69, 9.17) is 11.5 Å². The smallest absolute Gasteiger partial charge is 0.274 e. The molecule has 1 aromatic carbocycles. The highest BCUT2D eigenvalue weighted by Crippen LogP contribution is 2.44. The summed E-state index contributed by atoms with van der Waals surface area (Å²) in [7, 11) is 1.75. The second kappa shape index (κ2) is 7.06. The molecule has 0 radical (unpaired) electrons. The number of nitrogen functional groups attached to an aromatic ring is 2. The molecule has 1 aliphatic heterocycles. The second-order valence-electron chi connectivity index (χ2n) is 8.04. The van der Waals surface area contributed by atoms with Crippen molar-refractivity contribution in [3.05, 3.63) is 35.2 Å². The third-order valence-electron chi connectivity index (χ3n) is 6.54. The highest BCUT2D eigenvalue weighted by atomic mass is 16.2. The molecular weight excluding hydrogens is 370 g/mol. The van der Waals surface area contributed by atoms with E-state index in [-0.39, 0.29) is 17.9 Å². The lowest BCUT2D eigenvalue weighted by molar-refractivity contribution is 0.0550. The zero-order valence-corrected chi connectivity index (χ0v) is 16.8. The van der Waals surface area contributed by atoms with Crippen LogP contribution in [0.3, 0.4) is 0 Å². The summed E-state index contributed by atoms with van der Waals surface area (Å²) >= 11 is 0. The first kappa shape index (κ1) is 19.2. The summed E-state index contributed by atoms with van der Waals surface area (Å²) in [6.45, 7) is 2.38. The largest absolute Gasteiger partial charge is 0.397 e. The molecule has 2 aromatic rings. The van der Waals surface area contributed by atoms with Gasteiger partial charge in [0.1, 0.15) is 0 Å². The van der Waals surface area contributed by atoms with Crippen LogP contribution in [-0.4, -0.2) is 49.8 Å². The van der Waals surface area contributed by atoms with Crippen LogP contribution in [0.5, 0.6) is 0 Å². The lowest BCUT2D eigenvalue weighted by atomic mass is 9.88. The number of carbonyl (C=O) groups excluding carboxylic acids is 2. The van der Waals surface area contributed by atoms with Crippen LogP contribution >= 0.6 is 0 Å². The molecule has 2 amide bonds. The van der Waals surface area contributed by atoms with Crippen LogP contribution in [-0.2, 0) is 7.05 Å². The lowest BCUT2D eigenvalue weighted by Gasteiger charge is -2.39. The fraction of sp³-hybridized carbons (Fsp3) is 0.500. The number of carbonyl (C=O) groups is 2. The van der Waals surface area contributed by atoms with Crippen LogP contribution in [0.15, 0.2) is 18.2 Å². The Labute approximate surface area is 169 Å². The number of benzene rings is 1. The van der Waals surface area contributed by atoms with Crippen molar-refractivity contribution < 1.29 is 9.59 Å². The van der Waals surface area contributed by atoms with Gasteiger partial charge in [0.25, 0.3) is 11.8 Å². The number of hydrogen-bond donors (Lipinski definition) is 3. The van der Waals surface area contributed by atoms with Crippen LogP contribution in [0.25, 0.3) is 0 Å². The molecule has 1 unspecified atom stereocenters. The van der Waals surface area contributed by atoms with E-state index in [0.29, 0.717) is 41.3 Å². The lowest BCUT2D eigenvalue weighted by Crippen LogP contribution is -2.56. The van der Waals surface area contributed by atoms with Crippen LogP contribution < -0.4 is 16.8 Å². The fourth-order valence-electron chi connectivity index (χ4n) is 4.81. The van der Waals surface area contributed by atoms with E-state index in [1.165, 1.54) is 0 Å². The van der Waals surface area contributed by atoms with Gasteiger partial charge in [-0.3, -0.25) is 14.3 Å². The number of likely N-dealkylation sites (tertiary alicyclic amines) is 1. The van der Waals surface area contributed by atoms with Gasteiger partial charge in [0.05, 0.1) is 34.2 Å². The maximum absolute atomic E-state index is 13.4. The average Bonchev–Trinajstić information content (AvgIpc) is 3.40. The third kappa shape index (κ3) is 3.01. The van der Waals surface area contributed by atoms with Gasteiger partial charge in [0, 0.05) is 13.6 Å². The van der Waals surface area contributed by atoms with E-state index in [2.05, 4.69) is 15.6 Å². The normalized spacial score (nSPS) is 20.3. The van der Waals surface area contributed by atoms with Crippen molar-refractivity contribution in [2.45, 2.75) is 50.6 Å². The molecule has 1 spiro atoms. The summed E-state index contributed by atoms with van der Waals surface area (Å²) in [5, 5.41) is 11.0. The minimum absolute atomic E-state index is 0.121. The second-order valence-corrected chi connectivity index (χ2v) is 8.04. The first-order valence-electron chi connectivity index (χ1n) is 9.98. The fourth-order valence-corrected chi connectivity index (χ4v) is 4.81. The number of aromatic nitrogens is 3. The quantitative estimate of drug-likeness (QED) is 0.668. The summed E-state index contributed by atoms with van der Waals surface area (Å²) in [5.74, 6) is -0.367. The molecule has 1 saturated heterocycles. The summed E-state index contributed by atoms with van der Waals surface area (Å²) in [4.78, 5) is 28.1. The number of nitrogens with one attached hydrogen (secondary N) is 1. The van der Waals surface area contributed by atoms with E-state index in [9.17, 15) is 9.59 Å². The van der Waals surface area contributed by atoms with Gasteiger partial charge in [-0.25, -0.2) is 0 Å². The molecular formula is C20H27N7O2. The minimum Gasteiger partial charge on any atom is -0.397 e. The molecule has 1 aliphatic carbocycles. The van der Waals surface area contributed by atoms with E-state index >= 15 is 0 Å². The molecule has 29 heavy (non-hydrogen) atoms. The molecule has 2 aliphatic rings. The summed E-state index contributed by atoms with van der Waals surface area (Å²) < 4.78 is 1.58. The molecule has 4 rings (SSSR count). The van der Waals surface area contributed by atoms with Gasteiger partial charge in [-0.1, -0.05) is 24.1 Å². The summed E-state index contributed by atoms with van der Waals surface area (Å²) in [6, 6.07) is 5.01. The van der Waals surface area contributed by atoms with Gasteiger partial charge in [-0.15, -0.1) is 5.10 Å². The van der Waals surface area contributed by atoms with Gasteiger partial charge >= 0.3 is 0 Å². The number of amides is 2. The molecule has 0 bridgehead atoms. The number of hydrogen-bond acceptors (Lipinski definition) is 6. The predicted octanol–water partition coefficient (Wildman–Crippen LogP) is 1.25. The Morgan fingerprint density at radius 1 is 1.24 bits per heavy atom. The number of nitrogens with two attached hydrogens (primary N) is 2. The predicted molar refractivity (Wildman–Crippen MR) is 109 cm³/mol. The Morgan fingerprint density at radius 2 is 1.97 bits per heavy atom. The number of anilines is 2. The zero-order chi connectivity index (χ0) is 20.8. The van der Waals surface area contributed by atoms with Crippen LogP contribution in [0.4, 0.5) is 11.4 Å². The van der Waals surface area contributed by atoms with Gasteiger partial charge in [0.15, 0.2) is 5.69 Å². The highest BCUT2D eigenvalue weighted by molar-refractivity contribution is 6.02. The molecule has 1 atom stereocenters. The minimum atomic E-state index is -0.403. The maximum Gasteiger partial charge on any atom is 0.274 e. The molecule has 2 fully saturated rings. The number of rotatable bonds is 3. The average molecular weight is 397 g/mol. The monoisotopic (exact) mass is 397 g/mol. The molecule has 9 nitrogen and oxygen atoms in total. The zero-order valence-electron chi connectivity index (χ0n) is 16.8. The molecule has 9 heteroatoms. The highest BCUT2D eigenvalue weighted by Gasteiger charge is 2.53.